The minimum atomic E-state index is -0.807. The Morgan fingerprint density at radius 2 is 1.83 bits per heavy atom. The average Bonchev–Trinajstić information content (AvgIpc) is 2.59. The van der Waals surface area contributed by atoms with E-state index >= 15 is 0 Å². The summed E-state index contributed by atoms with van der Waals surface area (Å²) in [5.74, 6) is 1.24. The minimum absolute atomic E-state index is 0.0772. The van der Waals surface area contributed by atoms with Gasteiger partial charge in [-0.15, -0.1) is 0 Å². The van der Waals surface area contributed by atoms with Gasteiger partial charge in [0.25, 0.3) is 0 Å². The van der Waals surface area contributed by atoms with Crippen molar-refractivity contribution < 1.29 is 19.4 Å². The van der Waals surface area contributed by atoms with Gasteiger partial charge in [-0.25, -0.2) is 4.79 Å². The number of hydrogen-bond donors (Lipinski definition) is 3. The number of amides is 2. The van der Waals surface area contributed by atoms with Crippen LogP contribution in [0.25, 0.3) is 0 Å². The maximum Gasteiger partial charge on any atom is 0.319 e. The summed E-state index contributed by atoms with van der Waals surface area (Å²) in [5, 5.41) is 15.1. The summed E-state index contributed by atoms with van der Waals surface area (Å²) in [6.45, 7) is 0.173. The monoisotopic (exact) mass is 316 g/mol. The van der Waals surface area contributed by atoms with E-state index in [0.29, 0.717) is 17.2 Å². The Hall–Kier alpha value is -2.73. The molecule has 0 aromatic heterocycles. The molecule has 0 radical (unpaired) electrons. The van der Waals surface area contributed by atoms with Crippen molar-refractivity contribution in [1.29, 1.82) is 0 Å². The molecule has 6 heteroatoms. The number of ether oxygens (including phenoxy) is 2. The number of hydrogen-bond acceptors (Lipinski definition) is 4. The lowest BCUT2D eigenvalue weighted by molar-refractivity contribution is 0.108. The van der Waals surface area contributed by atoms with Crippen LogP contribution < -0.4 is 20.1 Å². The van der Waals surface area contributed by atoms with Gasteiger partial charge in [-0.3, -0.25) is 0 Å². The van der Waals surface area contributed by atoms with Crippen molar-refractivity contribution in [1.82, 2.24) is 5.32 Å². The number of rotatable bonds is 7. The molecule has 2 aromatic carbocycles. The third kappa shape index (κ3) is 5.52. The highest BCUT2D eigenvalue weighted by Gasteiger charge is 2.10. The summed E-state index contributed by atoms with van der Waals surface area (Å²) in [6.07, 6.45) is -0.807. The number of aliphatic hydroxyl groups is 1. The molecule has 0 saturated carbocycles. The Bertz CT molecular complexity index is 619. The molecule has 122 valence electrons. The van der Waals surface area contributed by atoms with Crippen LogP contribution in [0.15, 0.2) is 54.6 Å². The summed E-state index contributed by atoms with van der Waals surface area (Å²) >= 11 is 0. The molecule has 0 aliphatic heterocycles. The number of nitrogens with one attached hydrogen (secondary N) is 2. The molecule has 2 rings (SSSR count). The number of aliphatic hydroxyl groups excluding tert-OH is 1. The van der Waals surface area contributed by atoms with E-state index in [9.17, 15) is 9.90 Å². The zero-order chi connectivity index (χ0) is 16.5. The maximum atomic E-state index is 11.8. The smallest absolute Gasteiger partial charge is 0.319 e. The first-order chi connectivity index (χ1) is 11.2. The zero-order valence-electron chi connectivity index (χ0n) is 12.9. The quantitative estimate of drug-likeness (QED) is 0.732. The first-order valence-corrected chi connectivity index (χ1v) is 7.23. The van der Waals surface area contributed by atoms with Crippen molar-refractivity contribution in [3.63, 3.8) is 0 Å². The second-order valence-corrected chi connectivity index (χ2v) is 4.81. The van der Waals surface area contributed by atoms with Gasteiger partial charge < -0.3 is 25.2 Å². The van der Waals surface area contributed by atoms with Crippen LogP contribution >= 0.6 is 0 Å². The summed E-state index contributed by atoms with van der Waals surface area (Å²) in [4.78, 5) is 11.8. The van der Waals surface area contributed by atoms with Crippen LogP contribution in [0.1, 0.15) is 0 Å². The predicted molar refractivity (Wildman–Crippen MR) is 88.0 cm³/mol. The Morgan fingerprint density at radius 1 is 1.13 bits per heavy atom. The van der Waals surface area contributed by atoms with E-state index in [1.165, 1.54) is 7.11 Å². The zero-order valence-corrected chi connectivity index (χ0v) is 12.9. The van der Waals surface area contributed by atoms with Gasteiger partial charge in [0.15, 0.2) is 0 Å². The molecule has 1 atom stereocenters. The summed E-state index contributed by atoms with van der Waals surface area (Å²) in [6, 6.07) is 15.8. The van der Waals surface area contributed by atoms with Gasteiger partial charge in [-0.2, -0.15) is 0 Å². The second kappa shape index (κ2) is 8.65. The maximum absolute atomic E-state index is 11.8. The van der Waals surface area contributed by atoms with Crippen molar-refractivity contribution in [3.8, 4) is 11.5 Å². The van der Waals surface area contributed by atoms with Gasteiger partial charge in [-0.1, -0.05) is 30.3 Å². The number of methoxy groups -OCH3 is 1. The lowest BCUT2D eigenvalue weighted by atomic mass is 10.3. The fourth-order valence-electron chi connectivity index (χ4n) is 1.89. The molecular weight excluding hydrogens is 296 g/mol. The van der Waals surface area contributed by atoms with E-state index in [-0.39, 0.29) is 13.2 Å². The molecule has 0 heterocycles. The van der Waals surface area contributed by atoms with Crippen LogP contribution in [0, 0.1) is 0 Å². The molecule has 0 saturated heterocycles. The van der Waals surface area contributed by atoms with Gasteiger partial charge in [0, 0.05) is 6.54 Å². The van der Waals surface area contributed by atoms with E-state index in [2.05, 4.69) is 10.6 Å². The summed E-state index contributed by atoms with van der Waals surface area (Å²) in [5.41, 5.74) is 0.558. The number of urea groups is 1. The number of carbonyl (C=O) groups is 1. The average molecular weight is 316 g/mol. The van der Waals surface area contributed by atoms with Crippen LogP contribution in [0.2, 0.25) is 0 Å². The number of para-hydroxylation sites is 3. The lowest BCUT2D eigenvalue weighted by Crippen LogP contribution is -2.37. The van der Waals surface area contributed by atoms with Crippen molar-refractivity contribution >= 4 is 11.7 Å². The van der Waals surface area contributed by atoms with Crippen LogP contribution in [-0.2, 0) is 0 Å². The Balaban J connectivity index is 1.73. The van der Waals surface area contributed by atoms with Crippen molar-refractivity contribution in [3.05, 3.63) is 54.6 Å². The highest BCUT2D eigenvalue weighted by atomic mass is 16.5. The highest BCUT2D eigenvalue weighted by Crippen LogP contribution is 2.22. The predicted octanol–water partition coefficient (Wildman–Crippen LogP) is 2.26. The van der Waals surface area contributed by atoms with Crippen molar-refractivity contribution in [2.75, 3.05) is 25.6 Å². The standard InChI is InChI=1S/C17H20N2O4/c1-22-16-10-6-5-9-15(16)19-17(21)18-11-13(20)12-23-14-7-3-2-4-8-14/h2-10,13,20H,11-12H2,1H3,(H2,18,19,21)/t13-/m0/s1. The largest absolute Gasteiger partial charge is 0.495 e. The Kier molecular flexibility index (Phi) is 6.26. The van der Waals surface area contributed by atoms with Gasteiger partial charge in [0.05, 0.1) is 12.8 Å². The first kappa shape index (κ1) is 16.6. The molecule has 3 N–H and O–H groups in total. The normalized spacial score (nSPS) is 11.4. The summed E-state index contributed by atoms with van der Waals surface area (Å²) in [7, 11) is 1.53. The van der Waals surface area contributed by atoms with Crippen molar-refractivity contribution in [2.24, 2.45) is 0 Å². The number of benzene rings is 2. The van der Waals surface area contributed by atoms with E-state index < -0.39 is 12.1 Å². The number of carbonyl (C=O) groups excluding carboxylic acids is 1. The molecule has 0 unspecified atom stereocenters. The molecule has 2 aromatic rings. The van der Waals surface area contributed by atoms with E-state index in [1.807, 2.05) is 24.3 Å². The highest BCUT2D eigenvalue weighted by molar-refractivity contribution is 5.90. The van der Waals surface area contributed by atoms with E-state index in [0.717, 1.165) is 0 Å². The number of anilines is 1. The van der Waals surface area contributed by atoms with Gasteiger partial charge in [0.1, 0.15) is 24.2 Å². The molecule has 0 spiro atoms. The van der Waals surface area contributed by atoms with E-state index in [1.54, 1.807) is 30.3 Å². The molecular formula is C17H20N2O4. The van der Waals surface area contributed by atoms with Crippen molar-refractivity contribution in [2.45, 2.75) is 6.10 Å². The van der Waals surface area contributed by atoms with Gasteiger partial charge >= 0.3 is 6.03 Å². The topological polar surface area (TPSA) is 79.8 Å². The molecule has 0 aliphatic rings. The Morgan fingerprint density at radius 3 is 2.57 bits per heavy atom. The molecule has 6 nitrogen and oxygen atoms in total. The Labute approximate surface area is 135 Å². The molecule has 23 heavy (non-hydrogen) atoms. The lowest BCUT2D eigenvalue weighted by Gasteiger charge is -2.14. The van der Waals surface area contributed by atoms with Crippen LogP contribution in [0.3, 0.4) is 0 Å². The first-order valence-electron chi connectivity index (χ1n) is 7.23. The van der Waals surface area contributed by atoms with Crippen LogP contribution in [0.5, 0.6) is 11.5 Å². The van der Waals surface area contributed by atoms with Crippen LogP contribution in [-0.4, -0.2) is 37.5 Å². The minimum Gasteiger partial charge on any atom is -0.495 e. The molecule has 0 fully saturated rings. The van der Waals surface area contributed by atoms with Crippen LogP contribution in [0.4, 0.5) is 10.5 Å². The third-order valence-corrected chi connectivity index (χ3v) is 3.04. The fourth-order valence-corrected chi connectivity index (χ4v) is 1.89. The molecule has 0 bridgehead atoms. The van der Waals surface area contributed by atoms with Gasteiger partial charge in [-0.05, 0) is 24.3 Å². The molecule has 2 amide bonds. The van der Waals surface area contributed by atoms with Gasteiger partial charge in [0.2, 0.25) is 0 Å². The third-order valence-electron chi connectivity index (χ3n) is 3.04. The summed E-state index contributed by atoms with van der Waals surface area (Å²) < 4.78 is 10.6. The fraction of sp³-hybridized carbons (Fsp3) is 0.235. The second-order valence-electron chi connectivity index (χ2n) is 4.81. The SMILES string of the molecule is COc1ccccc1NC(=O)NC[C@H](O)COc1ccccc1. The van der Waals surface area contributed by atoms with E-state index in [4.69, 9.17) is 9.47 Å². The molecule has 0 aliphatic carbocycles.